The van der Waals surface area contributed by atoms with Gasteiger partial charge in [-0.1, -0.05) is 0 Å². The molecule has 0 unspecified atom stereocenters. The van der Waals surface area contributed by atoms with Gasteiger partial charge in [0.05, 0.1) is 18.2 Å². The van der Waals surface area contributed by atoms with Crippen LogP contribution in [0.3, 0.4) is 0 Å². The third-order valence-electron chi connectivity index (χ3n) is 5.44. The summed E-state index contributed by atoms with van der Waals surface area (Å²) in [5.74, 6) is 1.16. The number of nitro groups is 1. The van der Waals surface area contributed by atoms with Crippen LogP contribution in [0.25, 0.3) is 5.69 Å². The van der Waals surface area contributed by atoms with Gasteiger partial charge >= 0.3 is 0 Å². The Kier molecular flexibility index (Phi) is 7.05. The molecule has 2 aromatic carbocycles. The Morgan fingerprint density at radius 3 is 2.36 bits per heavy atom. The summed E-state index contributed by atoms with van der Waals surface area (Å²) in [7, 11) is 1.57. The van der Waals surface area contributed by atoms with Crippen molar-refractivity contribution in [2.45, 2.75) is 13.8 Å². The zero-order valence-electron chi connectivity index (χ0n) is 19.8. The van der Waals surface area contributed by atoms with Gasteiger partial charge in [-0.3, -0.25) is 14.9 Å². The molecule has 10 nitrogen and oxygen atoms in total. The largest absolute Gasteiger partial charge is 0.497 e. The maximum absolute atomic E-state index is 12.3. The topological polar surface area (TPSA) is 121 Å². The molecule has 0 fully saturated rings. The standard InChI is InChI=1S/C26H23N5O5/c1-17-14-20(15-28-29-26(32)19-4-9-23(35-3)10-5-19)18(2)30(17)21-6-11-24(12-7-21)36-25-13-8-22(16-27-25)31(33)34/h4-16H,1-3H3,(H,29,32)/b28-15-. The van der Waals surface area contributed by atoms with E-state index in [1.807, 2.05) is 32.0 Å². The molecule has 0 bridgehead atoms. The Bertz CT molecular complexity index is 1410. The smallest absolute Gasteiger partial charge is 0.287 e. The van der Waals surface area contributed by atoms with E-state index in [4.69, 9.17) is 9.47 Å². The Balaban J connectivity index is 1.44. The molecule has 2 aromatic heterocycles. The van der Waals surface area contributed by atoms with Gasteiger partial charge in [-0.2, -0.15) is 5.10 Å². The SMILES string of the molecule is COc1ccc(C(=O)N/N=C\c2cc(C)n(-c3ccc(Oc4ccc([N+](=O)[O-])cn4)cc3)c2C)cc1. The Hall–Kier alpha value is -4.99. The van der Waals surface area contributed by atoms with Crippen molar-refractivity contribution >= 4 is 17.8 Å². The van der Waals surface area contributed by atoms with E-state index >= 15 is 0 Å². The first kappa shape index (κ1) is 24.1. The zero-order valence-corrected chi connectivity index (χ0v) is 19.8. The van der Waals surface area contributed by atoms with Gasteiger partial charge in [-0.25, -0.2) is 10.4 Å². The van der Waals surface area contributed by atoms with Crippen LogP contribution in [0.1, 0.15) is 27.3 Å². The number of methoxy groups -OCH3 is 1. The average molecular weight is 486 g/mol. The summed E-state index contributed by atoms with van der Waals surface area (Å²) in [6.45, 7) is 3.94. The highest BCUT2D eigenvalue weighted by molar-refractivity contribution is 5.95. The highest BCUT2D eigenvalue weighted by Gasteiger charge is 2.11. The lowest BCUT2D eigenvalue weighted by Gasteiger charge is -2.11. The fourth-order valence-corrected chi connectivity index (χ4v) is 3.61. The van der Waals surface area contributed by atoms with Crippen molar-refractivity contribution in [3.63, 3.8) is 0 Å². The van der Waals surface area contributed by atoms with E-state index in [1.165, 1.54) is 12.1 Å². The summed E-state index contributed by atoms with van der Waals surface area (Å²) >= 11 is 0. The number of pyridine rings is 1. The third-order valence-corrected chi connectivity index (χ3v) is 5.44. The summed E-state index contributed by atoms with van der Waals surface area (Å²) in [5, 5.41) is 14.9. The minimum absolute atomic E-state index is 0.101. The number of rotatable bonds is 8. The first-order valence-corrected chi connectivity index (χ1v) is 10.9. The average Bonchev–Trinajstić information content (AvgIpc) is 3.17. The van der Waals surface area contributed by atoms with E-state index in [2.05, 4.69) is 20.1 Å². The van der Waals surface area contributed by atoms with E-state index in [1.54, 1.807) is 49.7 Å². The Morgan fingerprint density at radius 2 is 1.75 bits per heavy atom. The molecular formula is C26H23N5O5. The van der Waals surface area contributed by atoms with Crippen LogP contribution in [-0.2, 0) is 0 Å². The lowest BCUT2D eigenvalue weighted by molar-refractivity contribution is -0.385. The van der Waals surface area contributed by atoms with Crippen LogP contribution in [0.15, 0.2) is 78.0 Å². The monoisotopic (exact) mass is 485 g/mol. The number of carbonyl (C=O) groups excluding carboxylic acids is 1. The lowest BCUT2D eigenvalue weighted by Crippen LogP contribution is -2.17. The Morgan fingerprint density at radius 1 is 1.06 bits per heavy atom. The number of nitrogens with zero attached hydrogens (tertiary/aromatic N) is 4. The molecule has 1 amide bonds. The van der Waals surface area contributed by atoms with Gasteiger partial charge in [0.2, 0.25) is 5.88 Å². The molecule has 1 N–H and O–H groups in total. The zero-order chi connectivity index (χ0) is 25.7. The molecule has 0 aliphatic heterocycles. The van der Waals surface area contributed by atoms with Crippen molar-refractivity contribution < 1.29 is 19.2 Å². The Labute approximate surface area is 207 Å². The van der Waals surface area contributed by atoms with Crippen LogP contribution in [0.5, 0.6) is 17.4 Å². The molecule has 0 radical (unpaired) electrons. The first-order chi connectivity index (χ1) is 17.4. The number of hydrogen-bond donors (Lipinski definition) is 1. The van der Waals surface area contributed by atoms with E-state index in [-0.39, 0.29) is 17.5 Å². The normalized spacial score (nSPS) is 10.9. The van der Waals surface area contributed by atoms with Crippen LogP contribution in [0.2, 0.25) is 0 Å². The lowest BCUT2D eigenvalue weighted by atomic mass is 10.2. The molecule has 0 aliphatic rings. The van der Waals surface area contributed by atoms with E-state index in [9.17, 15) is 14.9 Å². The second kappa shape index (κ2) is 10.5. The van der Waals surface area contributed by atoms with Gasteiger partial charge in [0.15, 0.2) is 0 Å². The van der Waals surface area contributed by atoms with Crippen molar-refractivity contribution in [2.75, 3.05) is 7.11 Å². The number of aromatic nitrogens is 2. The summed E-state index contributed by atoms with van der Waals surface area (Å²) in [5.41, 5.74) is 6.62. The number of nitrogens with one attached hydrogen (secondary N) is 1. The van der Waals surface area contributed by atoms with Crippen LogP contribution in [-0.4, -0.2) is 33.7 Å². The summed E-state index contributed by atoms with van der Waals surface area (Å²) in [4.78, 5) is 26.5. The fourth-order valence-electron chi connectivity index (χ4n) is 3.61. The van der Waals surface area contributed by atoms with Gasteiger partial charge < -0.3 is 14.0 Å². The van der Waals surface area contributed by atoms with Gasteiger partial charge in [0, 0.05) is 40.3 Å². The molecular weight excluding hydrogens is 462 g/mol. The van der Waals surface area contributed by atoms with Crippen LogP contribution >= 0.6 is 0 Å². The maximum atomic E-state index is 12.3. The van der Waals surface area contributed by atoms with Crippen molar-refractivity contribution in [2.24, 2.45) is 5.10 Å². The molecule has 2 heterocycles. The molecule has 4 aromatic rings. The van der Waals surface area contributed by atoms with Gasteiger partial charge in [0.25, 0.3) is 11.6 Å². The summed E-state index contributed by atoms with van der Waals surface area (Å²) in [6.07, 6.45) is 2.76. The first-order valence-electron chi connectivity index (χ1n) is 10.9. The molecule has 0 aliphatic carbocycles. The third kappa shape index (κ3) is 5.39. The van der Waals surface area contributed by atoms with Crippen molar-refractivity contribution in [3.8, 4) is 23.1 Å². The van der Waals surface area contributed by atoms with Crippen LogP contribution in [0, 0.1) is 24.0 Å². The number of hydrazone groups is 1. The predicted molar refractivity (Wildman–Crippen MR) is 134 cm³/mol. The molecule has 0 atom stereocenters. The number of aryl methyl sites for hydroxylation is 1. The fraction of sp³-hybridized carbons (Fsp3) is 0.115. The predicted octanol–water partition coefficient (Wildman–Crippen LogP) is 4.96. The molecule has 4 rings (SSSR count). The number of benzene rings is 2. The summed E-state index contributed by atoms with van der Waals surface area (Å²) < 4.78 is 12.8. The molecule has 0 saturated carbocycles. The highest BCUT2D eigenvalue weighted by Crippen LogP contribution is 2.25. The number of amides is 1. The van der Waals surface area contributed by atoms with Gasteiger partial charge in [-0.15, -0.1) is 0 Å². The second-order valence-electron chi connectivity index (χ2n) is 7.80. The van der Waals surface area contributed by atoms with E-state index in [0.29, 0.717) is 17.1 Å². The van der Waals surface area contributed by atoms with Crippen LogP contribution < -0.4 is 14.9 Å². The maximum Gasteiger partial charge on any atom is 0.287 e. The molecule has 0 saturated heterocycles. The quantitative estimate of drug-likeness (QED) is 0.214. The molecule has 0 spiro atoms. The minimum atomic E-state index is -0.513. The number of carbonyl (C=O) groups is 1. The number of ether oxygens (including phenoxy) is 2. The van der Waals surface area contributed by atoms with Crippen molar-refractivity contribution in [1.82, 2.24) is 15.0 Å². The number of hydrogen-bond acceptors (Lipinski definition) is 7. The molecule has 182 valence electrons. The van der Waals surface area contributed by atoms with Crippen molar-refractivity contribution in [1.29, 1.82) is 0 Å². The minimum Gasteiger partial charge on any atom is -0.497 e. The second-order valence-corrected chi connectivity index (χ2v) is 7.80. The van der Waals surface area contributed by atoms with E-state index in [0.717, 1.165) is 28.8 Å². The van der Waals surface area contributed by atoms with Gasteiger partial charge in [-0.05, 0) is 68.4 Å². The van der Waals surface area contributed by atoms with Crippen molar-refractivity contribution in [3.05, 3.63) is 106 Å². The molecule has 36 heavy (non-hydrogen) atoms. The molecule has 10 heteroatoms. The summed E-state index contributed by atoms with van der Waals surface area (Å²) in [6, 6.07) is 18.9. The van der Waals surface area contributed by atoms with E-state index < -0.39 is 4.92 Å². The van der Waals surface area contributed by atoms with Gasteiger partial charge in [0.1, 0.15) is 17.7 Å². The van der Waals surface area contributed by atoms with Crippen LogP contribution in [0.4, 0.5) is 5.69 Å². The highest BCUT2D eigenvalue weighted by atomic mass is 16.6.